The minimum atomic E-state index is -0.148. The molecule has 2 aromatic heterocycles. The standard InChI is InChI=1S/C21H24N4O3S/c1-12-17-20(28-4)23-16(11-27-3)24-21(17)29-18(12)19(26)22-14-7-8-15-13(10-14)6-5-9-25(15)2/h7-8,10H,5-6,9,11H2,1-4H3,(H,22,26). The van der Waals surface area contributed by atoms with Gasteiger partial charge in [-0.3, -0.25) is 4.79 Å². The van der Waals surface area contributed by atoms with Crippen LogP contribution >= 0.6 is 11.3 Å². The highest BCUT2D eigenvalue weighted by molar-refractivity contribution is 7.20. The first-order valence-electron chi connectivity index (χ1n) is 9.50. The first kappa shape index (κ1) is 19.6. The molecule has 8 heteroatoms. The zero-order valence-corrected chi connectivity index (χ0v) is 17.9. The van der Waals surface area contributed by atoms with E-state index in [1.54, 1.807) is 14.2 Å². The monoisotopic (exact) mass is 412 g/mol. The van der Waals surface area contributed by atoms with Gasteiger partial charge < -0.3 is 19.7 Å². The minimum absolute atomic E-state index is 0.148. The second-order valence-electron chi connectivity index (χ2n) is 7.14. The van der Waals surface area contributed by atoms with E-state index in [4.69, 9.17) is 9.47 Å². The van der Waals surface area contributed by atoms with Crippen molar-refractivity contribution in [2.24, 2.45) is 0 Å². The molecule has 0 bridgehead atoms. The average molecular weight is 413 g/mol. The highest BCUT2D eigenvalue weighted by atomic mass is 32.1. The summed E-state index contributed by atoms with van der Waals surface area (Å²) < 4.78 is 10.6. The predicted molar refractivity (Wildman–Crippen MR) is 115 cm³/mol. The molecule has 1 aliphatic rings. The molecule has 0 saturated carbocycles. The molecule has 0 radical (unpaired) electrons. The van der Waals surface area contributed by atoms with Gasteiger partial charge in [0.05, 0.1) is 17.4 Å². The summed E-state index contributed by atoms with van der Waals surface area (Å²) in [4.78, 5) is 25.5. The van der Waals surface area contributed by atoms with Crippen molar-refractivity contribution in [2.45, 2.75) is 26.4 Å². The molecule has 1 aromatic carbocycles. The summed E-state index contributed by atoms with van der Waals surface area (Å²) in [5.74, 6) is 0.848. The van der Waals surface area contributed by atoms with Crippen molar-refractivity contribution in [1.29, 1.82) is 0 Å². The summed E-state index contributed by atoms with van der Waals surface area (Å²) >= 11 is 1.34. The van der Waals surface area contributed by atoms with Crippen LogP contribution < -0.4 is 15.0 Å². The number of methoxy groups -OCH3 is 2. The predicted octanol–water partition coefficient (Wildman–Crippen LogP) is 3.79. The van der Waals surface area contributed by atoms with E-state index in [-0.39, 0.29) is 12.5 Å². The van der Waals surface area contributed by atoms with Crippen molar-refractivity contribution in [1.82, 2.24) is 9.97 Å². The van der Waals surface area contributed by atoms with Crippen molar-refractivity contribution in [3.63, 3.8) is 0 Å². The molecule has 3 heterocycles. The van der Waals surface area contributed by atoms with Gasteiger partial charge in [0.15, 0.2) is 5.82 Å². The van der Waals surface area contributed by atoms with Crippen LogP contribution in [0.15, 0.2) is 18.2 Å². The van der Waals surface area contributed by atoms with Gasteiger partial charge in [0.2, 0.25) is 5.88 Å². The number of amides is 1. The molecule has 0 unspecified atom stereocenters. The summed E-state index contributed by atoms with van der Waals surface area (Å²) in [5.41, 5.74) is 4.12. The SMILES string of the molecule is COCc1nc(OC)c2c(C)c(C(=O)Nc3ccc4c(c3)CCCN4C)sc2n1. The number of fused-ring (bicyclic) bond motifs is 2. The van der Waals surface area contributed by atoms with Gasteiger partial charge in [-0.25, -0.2) is 4.98 Å². The quantitative estimate of drug-likeness (QED) is 0.687. The number of nitrogens with one attached hydrogen (secondary N) is 1. The number of carbonyl (C=O) groups is 1. The Kier molecular flexibility index (Phi) is 5.38. The van der Waals surface area contributed by atoms with E-state index in [1.165, 1.54) is 22.6 Å². The van der Waals surface area contributed by atoms with Crippen molar-refractivity contribution < 1.29 is 14.3 Å². The Morgan fingerprint density at radius 1 is 1.31 bits per heavy atom. The van der Waals surface area contributed by atoms with Crippen LogP contribution in [0.4, 0.5) is 11.4 Å². The van der Waals surface area contributed by atoms with Crippen LogP contribution in [-0.2, 0) is 17.8 Å². The normalized spacial score (nSPS) is 13.4. The lowest BCUT2D eigenvalue weighted by Gasteiger charge is -2.27. The Bertz CT molecular complexity index is 1080. The molecule has 0 atom stereocenters. The van der Waals surface area contributed by atoms with Gasteiger partial charge in [-0.1, -0.05) is 0 Å². The number of hydrogen-bond acceptors (Lipinski definition) is 7. The van der Waals surface area contributed by atoms with Crippen LogP contribution in [0, 0.1) is 6.92 Å². The first-order chi connectivity index (χ1) is 14.0. The maximum Gasteiger partial charge on any atom is 0.266 e. The van der Waals surface area contributed by atoms with Crippen LogP contribution in [0.2, 0.25) is 0 Å². The Labute approximate surface area is 173 Å². The fourth-order valence-corrected chi connectivity index (χ4v) is 4.84. The van der Waals surface area contributed by atoms with Crippen molar-refractivity contribution in [3.8, 4) is 5.88 Å². The van der Waals surface area contributed by atoms with Gasteiger partial charge in [-0.2, -0.15) is 4.98 Å². The molecule has 0 spiro atoms. The Morgan fingerprint density at radius 3 is 2.90 bits per heavy atom. The molecule has 7 nitrogen and oxygen atoms in total. The molecule has 1 amide bonds. The maximum absolute atomic E-state index is 13.0. The van der Waals surface area contributed by atoms with Gasteiger partial charge in [-0.05, 0) is 49.1 Å². The van der Waals surface area contributed by atoms with Crippen LogP contribution in [0.1, 0.15) is 33.0 Å². The Balaban J connectivity index is 1.66. The van der Waals surface area contributed by atoms with Crippen LogP contribution in [0.3, 0.4) is 0 Å². The summed E-state index contributed by atoms with van der Waals surface area (Å²) in [6.07, 6.45) is 2.15. The second kappa shape index (κ2) is 7.96. The van der Waals surface area contributed by atoms with Crippen LogP contribution in [0.5, 0.6) is 5.88 Å². The summed E-state index contributed by atoms with van der Waals surface area (Å²) in [6, 6.07) is 6.11. The lowest BCUT2D eigenvalue weighted by atomic mass is 10.0. The minimum Gasteiger partial charge on any atom is -0.480 e. The first-order valence-corrected chi connectivity index (χ1v) is 10.3. The van der Waals surface area contributed by atoms with Gasteiger partial charge in [0.25, 0.3) is 5.91 Å². The zero-order chi connectivity index (χ0) is 20.5. The molecule has 4 rings (SSSR count). The van der Waals surface area contributed by atoms with Crippen molar-refractivity contribution in [3.05, 3.63) is 40.0 Å². The van der Waals surface area contributed by atoms with E-state index in [2.05, 4.69) is 39.4 Å². The smallest absolute Gasteiger partial charge is 0.266 e. The number of anilines is 2. The van der Waals surface area contributed by atoms with Crippen molar-refractivity contribution in [2.75, 3.05) is 38.0 Å². The topological polar surface area (TPSA) is 76.6 Å². The van der Waals surface area contributed by atoms with Crippen molar-refractivity contribution >= 4 is 38.8 Å². The number of carbonyl (C=O) groups excluding carboxylic acids is 1. The lowest BCUT2D eigenvalue weighted by molar-refractivity contribution is 0.103. The summed E-state index contributed by atoms with van der Waals surface area (Å²) in [7, 11) is 5.26. The third-order valence-electron chi connectivity index (χ3n) is 5.16. The third kappa shape index (κ3) is 3.65. The van der Waals surface area contributed by atoms with E-state index in [9.17, 15) is 4.79 Å². The number of aryl methyl sites for hydroxylation is 2. The molecule has 0 fully saturated rings. The summed E-state index contributed by atoms with van der Waals surface area (Å²) in [5, 5.41) is 3.81. The highest BCUT2D eigenvalue weighted by Gasteiger charge is 2.22. The van der Waals surface area contributed by atoms with E-state index in [0.29, 0.717) is 16.6 Å². The third-order valence-corrected chi connectivity index (χ3v) is 6.35. The highest BCUT2D eigenvalue weighted by Crippen LogP contribution is 2.36. The van der Waals surface area contributed by atoms with Gasteiger partial charge in [-0.15, -0.1) is 11.3 Å². The number of ether oxygens (including phenoxy) is 2. The lowest BCUT2D eigenvalue weighted by Crippen LogP contribution is -2.24. The van der Waals surface area contributed by atoms with Crippen LogP contribution in [-0.4, -0.2) is 43.7 Å². The average Bonchev–Trinajstić information content (AvgIpc) is 3.04. The number of hydrogen-bond donors (Lipinski definition) is 1. The Hall–Kier alpha value is -2.71. The van der Waals surface area contributed by atoms with E-state index in [1.807, 2.05) is 13.0 Å². The maximum atomic E-state index is 13.0. The van der Waals surface area contributed by atoms with E-state index >= 15 is 0 Å². The number of nitrogens with zero attached hydrogens (tertiary/aromatic N) is 3. The van der Waals surface area contributed by atoms with Gasteiger partial charge >= 0.3 is 0 Å². The van der Waals surface area contributed by atoms with E-state index in [0.717, 1.165) is 40.9 Å². The molecule has 0 aliphatic carbocycles. The summed E-state index contributed by atoms with van der Waals surface area (Å²) in [6.45, 7) is 3.25. The van der Waals surface area contributed by atoms with Gasteiger partial charge in [0, 0.05) is 32.1 Å². The van der Waals surface area contributed by atoms with E-state index < -0.39 is 0 Å². The van der Waals surface area contributed by atoms with Crippen LogP contribution in [0.25, 0.3) is 10.2 Å². The number of thiophene rings is 1. The fraction of sp³-hybridized carbons (Fsp3) is 0.381. The largest absolute Gasteiger partial charge is 0.480 e. The molecule has 29 heavy (non-hydrogen) atoms. The molecule has 1 N–H and O–H groups in total. The number of benzene rings is 1. The molecule has 1 aliphatic heterocycles. The molecule has 152 valence electrons. The molecule has 0 saturated heterocycles. The second-order valence-corrected chi connectivity index (χ2v) is 8.14. The number of aromatic nitrogens is 2. The number of rotatable bonds is 5. The zero-order valence-electron chi connectivity index (χ0n) is 17.0. The molecular formula is C21H24N4O3S. The van der Waals surface area contributed by atoms with Gasteiger partial charge in [0.1, 0.15) is 11.4 Å². The Morgan fingerprint density at radius 2 is 2.14 bits per heavy atom. The molecular weight excluding hydrogens is 388 g/mol. The fourth-order valence-electron chi connectivity index (χ4n) is 3.75. The molecule has 3 aromatic rings.